The number of hydrogen-bond donors (Lipinski definition) is 0. The lowest BCUT2D eigenvalue weighted by Gasteiger charge is -2.24. The molecule has 2 aromatic heterocycles. The van der Waals surface area contributed by atoms with Crippen molar-refractivity contribution in [1.82, 2.24) is 14.8 Å². The van der Waals surface area contributed by atoms with E-state index in [-0.39, 0.29) is 11.9 Å². The summed E-state index contributed by atoms with van der Waals surface area (Å²) in [5, 5.41) is 2.02. The third kappa shape index (κ3) is 4.10. The molecule has 4 nitrogen and oxygen atoms in total. The zero-order valence-electron chi connectivity index (χ0n) is 14.2. The number of hydrogen-bond acceptors (Lipinski definition) is 4. The van der Waals surface area contributed by atoms with Gasteiger partial charge in [0.2, 0.25) is 5.91 Å². The number of rotatable bonds is 5. The molecule has 0 aromatic carbocycles. The van der Waals surface area contributed by atoms with Crippen LogP contribution in [0, 0.1) is 0 Å². The van der Waals surface area contributed by atoms with Crippen molar-refractivity contribution in [2.75, 3.05) is 20.6 Å². The van der Waals surface area contributed by atoms with Crippen LogP contribution in [0.4, 0.5) is 0 Å². The monoisotopic (exact) mass is 341 g/mol. The molecule has 1 saturated heterocycles. The van der Waals surface area contributed by atoms with Gasteiger partial charge in [-0.2, -0.15) is 0 Å². The molecule has 1 atom stereocenters. The Morgan fingerprint density at radius 2 is 2.33 bits per heavy atom. The zero-order valence-corrected chi connectivity index (χ0v) is 15.0. The van der Waals surface area contributed by atoms with E-state index in [2.05, 4.69) is 16.0 Å². The lowest BCUT2D eigenvalue weighted by Crippen LogP contribution is -2.29. The van der Waals surface area contributed by atoms with Crippen LogP contribution < -0.4 is 0 Å². The Balaban J connectivity index is 1.74. The molecular formula is C19H23N3OS. The van der Waals surface area contributed by atoms with Crippen LogP contribution in [-0.2, 0) is 11.3 Å². The number of aromatic nitrogens is 1. The first-order chi connectivity index (χ1) is 11.6. The van der Waals surface area contributed by atoms with Gasteiger partial charge in [-0.25, -0.2) is 0 Å². The average Bonchev–Trinajstić information content (AvgIpc) is 3.23. The largest absolute Gasteiger partial charge is 0.332 e. The fourth-order valence-electron chi connectivity index (χ4n) is 3.13. The summed E-state index contributed by atoms with van der Waals surface area (Å²) in [4.78, 5) is 22.2. The zero-order chi connectivity index (χ0) is 16.9. The van der Waals surface area contributed by atoms with Gasteiger partial charge < -0.3 is 9.80 Å². The molecule has 1 aliphatic rings. The third-order valence-electron chi connectivity index (χ3n) is 4.17. The minimum Gasteiger partial charge on any atom is -0.332 e. The van der Waals surface area contributed by atoms with E-state index in [1.54, 1.807) is 17.4 Å². The predicted molar refractivity (Wildman–Crippen MR) is 98.7 cm³/mol. The van der Waals surface area contributed by atoms with Gasteiger partial charge in [-0.3, -0.25) is 9.78 Å². The molecule has 0 unspecified atom stereocenters. The van der Waals surface area contributed by atoms with Crippen molar-refractivity contribution in [3.05, 3.63) is 58.1 Å². The van der Waals surface area contributed by atoms with E-state index >= 15 is 0 Å². The van der Waals surface area contributed by atoms with Crippen molar-refractivity contribution in [2.24, 2.45) is 0 Å². The molecule has 3 rings (SSSR count). The predicted octanol–water partition coefficient (Wildman–Crippen LogP) is 3.58. The van der Waals surface area contributed by atoms with Gasteiger partial charge in [0.1, 0.15) is 0 Å². The van der Waals surface area contributed by atoms with Crippen molar-refractivity contribution < 1.29 is 4.79 Å². The topological polar surface area (TPSA) is 36.4 Å². The lowest BCUT2D eigenvalue weighted by molar-refractivity contribution is -0.126. The molecule has 1 fully saturated rings. The van der Waals surface area contributed by atoms with Crippen LogP contribution in [0.1, 0.15) is 35.0 Å². The minimum atomic E-state index is 0.0943. The van der Waals surface area contributed by atoms with E-state index in [1.807, 2.05) is 54.8 Å². The van der Waals surface area contributed by atoms with Crippen molar-refractivity contribution in [3.63, 3.8) is 0 Å². The molecule has 0 radical (unpaired) electrons. The van der Waals surface area contributed by atoms with Crippen LogP contribution in [0.25, 0.3) is 6.08 Å². The highest BCUT2D eigenvalue weighted by molar-refractivity contribution is 7.10. The number of carbonyl (C=O) groups excluding carboxylic acids is 1. The van der Waals surface area contributed by atoms with Gasteiger partial charge in [-0.05, 0) is 62.2 Å². The van der Waals surface area contributed by atoms with Crippen LogP contribution in [0.5, 0.6) is 0 Å². The number of nitrogens with zero attached hydrogens (tertiary/aromatic N) is 3. The number of likely N-dealkylation sites (tertiary alicyclic amines) is 1. The fourth-order valence-corrected chi connectivity index (χ4v) is 3.74. The molecule has 24 heavy (non-hydrogen) atoms. The average molecular weight is 341 g/mol. The summed E-state index contributed by atoms with van der Waals surface area (Å²) in [7, 11) is 4.07. The summed E-state index contributed by atoms with van der Waals surface area (Å²) in [6.45, 7) is 1.64. The molecule has 5 heteroatoms. The van der Waals surface area contributed by atoms with Gasteiger partial charge in [0.15, 0.2) is 0 Å². The molecule has 1 aliphatic heterocycles. The fraction of sp³-hybridized carbons (Fsp3) is 0.368. The maximum Gasteiger partial charge on any atom is 0.247 e. The molecule has 1 amide bonds. The minimum absolute atomic E-state index is 0.0943. The van der Waals surface area contributed by atoms with Crippen LogP contribution in [0.2, 0.25) is 0 Å². The van der Waals surface area contributed by atoms with Crippen molar-refractivity contribution in [3.8, 4) is 0 Å². The normalized spacial score (nSPS) is 18.0. The molecule has 0 N–H and O–H groups in total. The quantitative estimate of drug-likeness (QED) is 0.780. The van der Waals surface area contributed by atoms with Crippen LogP contribution in [0.3, 0.4) is 0 Å². The first-order valence-corrected chi connectivity index (χ1v) is 9.13. The van der Waals surface area contributed by atoms with Gasteiger partial charge in [0.25, 0.3) is 0 Å². The smallest absolute Gasteiger partial charge is 0.247 e. The van der Waals surface area contributed by atoms with E-state index < -0.39 is 0 Å². The van der Waals surface area contributed by atoms with Crippen molar-refractivity contribution in [1.29, 1.82) is 0 Å². The Morgan fingerprint density at radius 1 is 1.46 bits per heavy atom. The molecule has 0 bridgehead atoms. The molecule has 0 saturated carbocycles. The summed E-state index contributed by atoms with van der Waals surface area (Å²) >= 11 is 1.64. The summed E-state index contributed by atoms with van der Waals surface area (Å²) in [6.07, 6.45) is 7.54. The Morgan fingerprint density at radius 3 is 3.08 bits per heavy atom. The van der Waals surface area contributed by atoms with Gasteiger partial charge in [-0.15, -0.1) is 11.3 Å². The Kier molecular flexibility index (Phi) is 5.43. The number of carbonyl (C=O) groups is 1. The summed E-state index contributed by atoms with van der Waals surface area (Å²) in [5.41, 5.74) is 2.24. The number of amides is 1. The number of thiophene rings is 1. The summed E-state index contributed by atoms with van der Waals surface area (Å²) in [5.74, 6) is 0.0943. The molecule has 0 aliphatic carbocycles. The highest BCUT2D eigenvalue weighted by Crippen LogP contribution is 2.32. The molecule has 0 spiro atoms. The van der Waals surface area contributed by atoms with E-state index in [0.717, 1.165) is 36.5 Å². The maximum atomic E-state index is 12.6. The maximum absolute atomic E-state index is 12.6. The van der Waals surface area contributed by atoms with Crippen molar-refractivity contribution in [2.45, 2.75) is 25.4 Å². The Hall–Kier alpha value is -1.98. The Bertz CT molecular complexity index is 709. The molecule has 126 valence electrons. The van der Waals surface area contributed by atoms with Gasteiger partial charge >= 0.3 is 0 Å². The van der Waals surface area contributed by atoms with Gasteiger partial charge in [0, 0.05) is 30.2 Å². The van der Waals surface area contributed by atoms with E-state index in [1.165, 1.54) is 5.56 Å². The number of pyridine rings is 1. The van der Waals surface area contributed by atoms with Crippen LogP contribution in [0.15, 0.2) is 41.9 Å². The van der Waals surface area contributed by atoms with Crippen molar-refractivity contribution >= 4 is 23.3 Å². The summed E-state index contributed by atoms with van der Waals surface area (Å²) in [6, 6.07) is 8.36. The standard InChI is InChI=1S/C19H23N3OS/c1-21(2)14-16-13-15(9-10-20-16)18-6-3-11-22(18)19(23)8-7-17-5-4-12-24-17/h4-5,7-10,12-13,18H,3,6,11,14H2,1-2H3/b8-7+/t18-/m0/s1. The van der Waals surface area contributed by atoms with E-state index in [4.69, 9.17) is 0 Å². The van der Waals surface area contributed by atoms with Gasteiger partial charge in [0.05, 0.1) is 11.7 Å². The van der Waals surface area contributed by atoms with E-state index in [9.17, 15) is 4.79 Å². The summed E-state index contributed by atoms with van der Waals surface area (Å²) < 4.78 is 0. The lowest BCUT2D eigenvalue weighted by atomic mass is 10.0. The van der Waals surface area contributed by atoms with Crippen LogP contribution >= 0.6 is 11.3 Å². The molecule has 3 heterocycles. The highest BCUT2D eigenvalue weighted by Gasteiger charge is 2.28. The highest BCUT2D eigenvalue weighted by atomic mass is 32.1. The molecule has 2 aromatic rings. The Labute approximate surface area is 147 Å². The second-order valence-corrected chi connectivity index (χ2v) is 7.34. The van der Waals surface area contributed by atoms with E-state index in [0.29, 0.717) is 0 Å². The third-order valence-corrected chi connectivity index (χ3v) is 5.01. The van der Waals surface area contributed by atoms with Gasteiger partial charge in [-0.1, -0.05) is 6.07 Å². The second-order valence-electron chi connectivity index (χ2n) is 6.36. The first-order valence-electron chi connectivity index (χ1n) is 8.25. The SMILES string of the molecule is CN(C)Cc1cc([C@@H]2CCCN2C(=O)/C=C/c2cccs2)ccn1. The molecular weight excluding hydrogens is 318 g/mol. The second kappa shape index (κ2) is 7.73. The van der Waals surface area contributed by atoms with Crippen LogP contribution in [-0.4, -0.2) is 41.3 Å². The first kappa shape index (κ1) is 16.9.